The van der Waals surface area contributed by atoms with E-state index in [0.717, 1.165) is 30.4 Å². The van der Waals surface area contributed by atoms with Crippen LogP contribution in [0.5, 0.6) is 0 Å². The van der Waals surface area contributed by atoms with Crippen LogP contribution in [-0.4, -0.2) is 26.7 Å². The summed E-state index contributed by atoms with van der Waals surface area (Å²) in [4.78, 5) is 8.18. The van der Waals surface area contributed by atoms with Crippen LogP contribution in [0, 0.1) is 0 Å². The van der Waals surface area contributed by atoms with Crippen molar-refractivity contribution in [2.24, 2.45) is 0 Å². The molecule has 0 amide bonds. The summed E-state index contributed by atoms with van der Waals surface area (Å²) in [6.45, 7) is 3.01. The second-order valence-electron chi connectivity index (χ2n) is 3.33. The van der Waals surface area contributed by atoms with Gasteiger partial charge >= 0.3 is 0 Å². The Hall–Kier alpha value is -1.85. The van der Waals surface area contributed by atoms with Crippen molar-refractivity contribution in [2.75, 3.05) is 17.6 Å². The lowest BCUT2D eigenvalue weighted by Gasteiger charge is -2.05. The number of nitrogens with zero attached hydrogens (tertiary/aromatic N) is 3. The first-order chi connectivity index (χ1) is 7.31. The first-order valence-corrected chi connectivity index (χ1v) is 5.02. The van der Waals surface area contributed by atoms with Crippen LogP contribution in [0.4, 0.5) is 11.8 Å². The fourth-order valence-corrected chi connectivity index (χ4v) is 1.37. The summed E-state index contributed by atoms with van der Waals surface area (Å²) in [7, 11) is 0. The van der Waals surface area contributed by atoms with E-state index in [-0.39, 0.29) is 5.95 Å². The molecule has 2 heterocycles. The molecule has 0 fully saturated rings. The van der Waals surface area contributed by atoms with Crippen LogP contribution in [0.3, 0.4) is 0 Å². The maximum atomic E-state index is 5.58. The molecule has 4 N–H and O–H groups in total. The van der Waals surface area contributed by atoms with Crippen LogP contribution < -0.4 is 11.1 Å². The molecule has 2 aromatic heterocycles. The number of unbranched alkanes of at least 4 members (excludes halogenated alkanes) is 1. The average molecular weight is 206 g/mol. The normalized spacial score (nSPS) is 10.7. The molecule has 0 aliphatic rings. The molecular formula is C9H14N6. The van der Waals surface area contributed by atoms with Crippen molar-refractivity contribution >= 4 is 22.8 Å². The third kappa shape index (κ3) is 1.98. The van der Waals surface area contributed by atoms with Gasteiger partial charge in [-0.05, 0) is 6.42 Å². The number of hydrogen-bond acceptors (Lipinski definition) is 5. The van der Waals surface area contributed by atoms with Crippen LogP contribution in [0.1, 0.15) is 19.8 Å². The molecule has 15 heavy (non-hydrogen) atoms. The molecule has 0 saturated carbocycles. The van der Waals surface area contributed by atoms with Crippen molar-refractivity contribution in [3.05, 3.63) is 6.20 Å². The summed E-state index contributed by atoms with van der Waals surface area (Å²) in [5.74, 6) is 0.968. The lowest BCUT2D eigenvalue weighted by Crippen LogP contribution is -2.06. The first-order valence-electron chi connectivity index (χ1n) is 5.02. The minimum absolute atomic E-state index is 0.267. The van der Waals surface area contributed by atoms with E-state index in [2.05, 4.69) is 32.4 Å². The number of rotatable bonds is 4. The third-order valence-electron chi connectivity index (χ3n) is 2.13. The van der Waals surface area contributed by atoms with E-state index < -0.39 is 0 Å². The summed E-state index contributed by atoms with van der Waals surface area (Å²) >= 11 is 0. The maximum Gasteiger partial charge on any atom is 0.222 e. The highest BCUT2D eigenvalue weighted by molar-refractivity contribution is 5.85. The van der Waals surface area contributed by atoms with Crippen LogP contribution in [-0.2, 0) is 0 Å². The second kappa shape index (κ2) is 4.12. The van der Waals surface area contributed by atoms with Crippen LogP contribution in [0.25, 0.3) is 11.0 Å². The SMILES string of the molecule is CCCCNc1nc(N)nc2c[nH]nc12. The molecule has 80 valence electrons. The van der Waals surface area contributed by atoms with Gasteiger partial charge in [0.1, 0.15) is 5.52 Å². The van der Waals surface area contributed by atoms with Crippen LogP contribution in [0.15, 0.2) is 6.20 Å². The quantitative estimate of drug-likeness (QED) is 0.652. The van der Waals surface area contributed by atoms with Crippen LogP contribution in [0.2, 0.25) is 0 Å². The minimum Gasteiger partial charge on any atom is -0.368 e. The van der Waals surface area contributed by atoms with Crippen molar-refractivity contribution in [1.82, 2.24) is 20.2 Å². The van der Waals surface area contributed by atoms with Gasteiger partial charge in [-0.2, -0.15) is 10.1 Å². The summed E-state index contributed by atoms with van der Waals surface area (Å²) < 4.78 is 0. The number of aromatic amines is 1. The summed E-state index contributed by atoms with van der Waals surface area (Å²) in [6.07, 6.45) is 3.94. The predicted octanol–water partition coefficient (Wildman–Crippen LogP) is 1.15. The lowest BCUT2D eigenvalue weighted by atomic mass is 10.3. The van der Waals surface area contributed by atoms with Crippen molar-refractivity contribution in [1.29, 1.82) is 0 Å². The van der Waals surface area contributed by atoms with Gasteiger partial charge in [-0.25, -0.2) is 4.98 Å². The topological polar surface area (TPSA) is 92.5 Å². The largest absolute Gasteiger partial charge is 0.368 e. The zero-order chi connectivity index (χ0) is 10.7. The zero-order valence-corrected chi connectivity index (χ0v) is 8.62. The molecule has 2 rings (SSSR count). The maximum absolute atomic E-state index is 5.58. The Bertz CT molecular complexity index is 449. The first kappa shape index (κ1) is 9.70. The van der Waals surface area contributed by atoms with Crippen LogP contribution >= 0.6 is 0 Å². The standard InChI is InChI=1S/C9H14N6/c1-2-3-4-11-8-7-6(5-12-15-7)13-9(10)14-8/h5H,2-4H2,1H3,(H,12,15)(H3,10,11,13,14). The van der Waals surface area contributed by atoms with Crippen molar-refractivity contribution in [2.45, 2.75) is 19.8 Å². The molecule has 0 radical (unpaired) electrons. The number of aromatic nitrogens is 4. The molecule has 2 aromatic rings. The zero-order valence-electron chi connectivity index (χ0n) is 8.62. The number of nitrogens with two attached hydrogens (primary N) is 1. The fourth-order valence-electron chi connectivity index (χ4n) is 1.37. The molecule has 6 nitrogen and oxygen atoms in total. The van der Waals surface area contributed by atoms with Gasteiger partial charge in [-0.1, -0.05) is 13.3 Å². The molecule has 0 saturated heterocycles. The van der Waals surface area contributed by atoms with Gasteiger partial charge in [0, 0.05) is 12.7 Å². The molecule has 0 aliphatic carbocycles. The summed E-state index contributed by atoms with van der Waals surface area (Å²) in [5, 5.41) is 10.0. The van der Waals surface area contributed by atoms with E-state index >= 15 is 0 Å². The van der Waals surface area contributed by atoms with Crippen molar-refractivity contribution in [3.8, 4) is 0 Å². The Kier molecular flexibility index (Phi) is 2.66. The van der Waals surface area contributed by atoms with Gasteiger partial charge in [-0.3, -0.25) is 5.10 Å². The lowest BCUT2D eigenvalue weighted by molar-refractivity contribution is 0.831. The van der Waals surface area contributed by atoms with Gasteiger partial charge in [0.15, 0.2) is 11.3 Å². The number of nitrogen functional groups attached to an aromatic ring is 1. The van der Waals surface area contributed by atoms with E-state index in [1.807, 2.05) is 0 Å². The number of hydrogen-bond donors (Lipinski definition) is 3. The molecule has 0 unspecified atom stereocenters. The molecule has 6 heteroatoms. The highest BCUT2D eigenvalue weighted by Crippen LogP contribution is 2.17. The molecule has 0 aliphatic heterocycles. The van der Waals surface area contributed by atoms with E-state index in [0.29, 0.717) is 5.82 Å². The number of nitrogens with one attached hydrogen (secondary N) is 2. The molecule has 0 aromatic carbocycles. The van der Waals surface area contributed by atoms with E-state index in [1.54, 1.807) is 6.20 Å². The van der Waals surface area contributed by atoms with Crippen molar-refractivity contribution < 1.29 is 0 Å². The van der Waals surface area contributed by atoms with Gasteiger partial charge in [-0.15, -0.1) is 0 Å². The van der Waals surface area contributed by atoms with E-state index in [9.17, 15) is 0 Å². The second-order valence-corrected chi connectivity index (χ2v) is 3.33. The molecular weight excluding hydrogens is 192 g/mol. The summed E-state index contributed by atoms with van der Waals surface area (Å²) in [5.41, 5.74) is 7.06. The Morgan fingerprint density at radius 1 is 1.47 bits per heavy atom. The average Bonchev–Trinajstić information content (AvgIpc) is 2.65. The molecule has 0 atom stereocenters. The summed E-state index contributed by atoms with van der Waals surface area (Å²) in [6, 6.07) is 0. The third-order valence-corrected chi connectivity index (χ3v) is 2.13. The highest BCUT2D eigenvalue weighted by atomic mass is 15.2. The highest BCUT2D eigenvalue weighted by Gasteiger charge is 2.07. The predicted molar refractivity (Wildman–Crippen MR) is 59.5 cm³/mol. The van der Waals surface area contributed by atoms with E-state index in [1.165, 1.54) is 0 Å². The Morgan fingerprint density at radius 2 is 2.33 bits per heavy atom. The van der Waals surface area contributed by atoms with Gasteiger partial charge in [0.25, 0.3) is 0 Å². The number of H-pyrrole nitrogens is 1. The van der Waals surface area contributed by atoms with Crippen molar-refractivity contribution in [3.63, 3.8) is 0 Å². The minimum atomic E-state index is 0.267. The molecule has 0 bridgehead atoms. The Balaban J connectivity index is 2.27. The molecule has 0 spiro atoms. The van der Waals surface area contributed by atoms with E-state index in [4.69, 9.17) is 5.73 Å². The Morgan fingerprint density at radius 3 is 3.13 bits per heavy atom. The fraction of sp³-hybridized carbons (Fsp3) is 0.444. The van der Waals surface area contributed by atoms with Gasteiger partial charge < -0.3 is 11.1 Å². The number of fused-ring (bicyclic) bond motifs is 1. The smallest absolute Gasteiger partial charge is 0.222 e. The monoisotopic (exact) mass is 206 g/mol. The van der Waals surface area contributed by atoms with Gasteiger partial charge in [0.05, 0.1) is 0 Å². The Labute approximate surface area is 87.3 Å². The van der Waals surface area contributed by atoms with Gasteiger partial charge in [0.2, 0.25) is 5.95 Å². The number of anilines is 2.